The zero-order chi connectivity index (χ0) is 14.7. The van der Waals surface area contributed by atoms with Crippen molar-refractivity contribution in [1.82, 2.24) is 14.5 Å². The number of benzene rings is 1. The van der Waals surface area contributed by atoms with Crippen LogP contribution in [-0.2, 0) is 13.1 Å². The Hall–Kier alpha value is -1.07. The van der Waals surface area contributed by atoms with E-state index in [1.165, 1.54) is 6.07 Å². The van der Waals surface area contributed by atoms with E-state index in [0.717, 1.165) is 30.2 Å². The minimum Gasteiger partial charge on any atom is -0.327 e. The third-order valence-electron chi connectivity index (χ3n) is 3.68. The van der Waals surface area contributed by atoms with Gasteiger partial charge in [0.2, 0.25) is 0 Å². The first kappa shape index (κ1) is 15.3. The summed E-state index contributed by atoms with van der Waals surface area (Å²) < 4.78 is 15.9. The van der Waals surface area contributed by atoms with Crippen molar-refractivity contribution in [2.45, 2.75) is 33.0 Å². The van der Waals surface area contributed by atoms with Crippen molar-refractivity contribution in [2.75, 3.05) is 19.1 Å². The quantitative estimate of drug-likeness (QED) is 0.815. The Morgan fingerprint density at radius 1 is 1.45 bits per heavy atom. The van der Waals surface area contributed by atoms with E-state index < -0.39 is 0 Å². The molecule has 1 aromatic heterocycles. The van der Waals surface area contributed by atoms with Crippen LogP contribution in [-0.4, -0.2) is 39.5 Å². The number of halogens is 1. The van der Waals surface area contributed by atoms with Crippen LogP contribution in [0, 0.1) is 5.82 Å². The van der Waals surface area contributed by atoms with Crippen molar-refractivity contribution >= 4 is 22.8 Å². The lowest BCUT2D eigenvalue weighted by atomic mass is 10.3. The zero-order valence-corrected chi connectivity index (χ0v) is 13.4. The van der Waals surface area contributed by atoms with E-state index >= 15 is 0 Å². The number of aryl methyl sites for hydroxylation is 1. The van der Waals surface area contributed by atoms with Gasteiger partial charge in [0.15, 0.2) is 5.82 Å². The molecule has 1 heterocycles. The van der Waals surface area contributed by atoms with E-state index in [4.69, 9.17) is 0 Å². The van der Waals surface area contributed by atoms with E-state index in [9.17, 15) is 4.39 Å². The molecule has 0 saturated heterocycles. The van der Waals surface area contributed by atoms with Gasteiger partial charge in [0.05, 0.1) is 12.1 Å². The number of para-hydroxylation sites is 1. The summed E-state index contributed by atoms with van der Waals surface area (Å²) in [5, 5.41) is 0. The Kier molecular flexibility index (Phi) is 5.05. The molecule has 0 saturated carbocycles. The fraction of sp³-hybridized carbons (Fsp3) is 0.533. The molecular formula is C15H22FN3S. The lowest BCUT2D eigenvalue weighted by Gasteiger charge is -2.23. The van der Waals surface area contributed by atoms with Crippen molar-refractivity contribution in [2.24, 2.45) is 0 Å². The molecule has 2 rings (SSSR count). The summed E-state index contributed by atoms with van der Waals surface area (Å²) in [4.78, 5) is 6.77. The van der Waals surface area contributed by atoms with Gasteiger partial charge < -0.3 is 4.57 Å². The Balaban J connectivity index is 2.32. The summed E-state index contributed by atoms with van der Waals surface area (Å²) >= 11 is 1.84. The van der Waals surface area contributed by atoms with Crippen LogP contribution in [0.4, 0.5) is 4.39 Å². The summed E-state index contributed by atoms with van der Waals surface area (Å²) in [7, 11) is 2.09. The maximum Gasteiger partial charge on any atom is 0.151 e. The highest BCUT2D eigenvalue weighted by molar-refractivity contribution is 7.98. The van der Waals surface area contributed by atoms with Gasteiger partial charge in [-0.25, -0.2) is 9.37 Å². The van der Waals surface area contributed by atoms with Crippen LogP contribution in [0.15, 0.2) is 18.2 Å². The molecule has 110 valence electrons. The average Bonchev–Trinajstić information content (AvgIpc) is 2.77. The number of imidazole rings is 1. The number of hydrogen-bond donors (Lipinski definition) is 0. The number of rotatable bonds is 6. The van der Waals surface area contributed by atoms with Crippen LogP contribution < -0.4 is 0 Å². The molecule has 0 aliphatic rings. The molecule has 20 heavy (non-hydrogen) atoms. The maximum absolute atomic E-state index is 13.8. The molecule has 0 amide bonds. The monoisotopic (exact) mass is 295 g/mol. The molecule has 5 heteroatoms. The summed E-state index contributed by atoms with van der Waals surface area (Å²) in [6.45, 7) is 5.82. The molecule has 0 N–H and O–H groups in total. The van der Waals surface area contributed by atoms with Crippen LogP contribution in [0.3, 0.4) is 0 Å². The van der Waals surface area contributed by atoms with Gasteiger partial charge in [0, 0.05) is 18.3 Å². The highest BCUT2D eigenvalue weighted by Gasteiger charge is 2.16. The molecule has 0 aliphatic heterocycles. The van der Waals surface area contributed by atoms with E-state index in [2.05, 4.69) is 41.6 Å². The number of aromatic nitrogens is 2. The fourth-order valence-electron chi connectivity index (χ4n) is 2.38. The summed E-state index contributed by atoms with van der Waals surface area (Å²) in [5.41, 5.74) is 1.36. The highest BCUT2D eigenvalue weighted by atomic mass is 32.2. The molecule has 0 fully saturated rings. The molecule has 0 bridgehead atoms. The molecular weight excluding hydrogens is 273 g/mol. The van der Waals surface area contributed by atoms with Gasteiger partial charge in [0.1, 0.15) is 11.3 Å². The third kappa shape index (κ3) is 2.99. The molecule has 1 aromatic carbocycles. The van der Waals surface area contributed by atoms with Crippen molar-refractivity contribution in [3.05, 3.63) is 29.8 Å². The molecule has 0 unspecified atom stereocenters. The van der Waals surface area contributed by atoms with E-state index in [1.807, 2.05) is 17.8 Å². The van der Waals surface area contributed by atoms with Crippen molar-refractivity contribution in [1.29, 1.82) is 0 Å². The Morgan fingerprint density at radius 3 is 2.85 bits per heavy atom. The first-order chi connectivity index (χ1) is 9.58. The molecule has 0 radical (unpaired) electrons. The largest absolute Gasteiger partial charge is 0.327 e. The van der Waals surface area contributed by atoms with Crippen molar-refractivity contribution in [3.63, 3.8) is 0 Å². The second-order valence-electron chi connectivity index (χ2n) is 5.10. The van der Waals surface area contributed by atoms with Gasteiger partial charge in [0.25, 0.3) is 0 Å². The van der Waals surface area contributed by atoms with Crippen molar-refractivity contribution < 1.29 is 4.39 Å². The number of fused-ring (bicyclic) bond motifs is 1. The van der Waals surface area contributed by atoms with Gasteiger partial charge in [-0.15, -0.1) is 0 Å². The minimum atomic E-state index is -0.240. The Labute approximate surface area is 124 Å². The van der Waals surface area contributed by atoms with Crippen LogP contribution >= 0.6 is 11.8 Å². The van der Waals surface area contributed by atoms with E-state index in [1.54, 1.807) is 6.07 Å². The molecule has 0 spiro atoms. The van der Waals surface area contributed by atoms with Gasteiger partial charge >= 0.3 is 0 Å². The van der Waals surface area contributed by atoms with Gasteiger partial charge in [-0.05, 0) is 39.3 Å². The molecule has 0 aliphatic carbocycles. The van der Waals surface area contributed by atoms with Crippen LogP contribution in [0.1, 0.15) is 19.7 Å². The first-order valence-electron chi connectivity index (χ1n) is 6.91. The van der Waals surface area contributed by atoms with Gasteiger partial charge in [-0.2, -0.15) is 11.8 Å². The SMILES string of the molecule is CCn1c(CN(C)[C@H](C)CSC)nc2c(F)cccc21. The Morgan fingerprint density at radius 2 is 2.20 bits per heavy atom. The van der Waals surface area contributed by atoms with E-state index in [0.29, 0.717) is 11.6 Å². The van der Waals surface area contributed by atoms with Crippen LogP contribution in [0.25, 0.3) is 11.0 Å². The smallest absolute Gasteiger partial charge is 0.151 e. The summed E-state index contributed by atoms with van der Waals surface area (Å²) in [6.07, 6.45) is 2.11. The maximum atomic E-state index is 13.8. The zero-order valence-electron chi connectivity index (χ0n) is 12.6. The minimum absolute atomic E-state index is 0.240. The topological polar surface area (TPSA) is 21.1 Å². The molecule has 3 nitrogen and oxygen atoms in total. The second-order valence-corrected chi connectivity index (χ2v) is 6.01. The standard InChI is InChI=1S/C15H22FN3S/c1-5-19-13-8-6-7-12(16)15(13)17-14(19)9-18(3)11(2)10-20-4/h6-8,11H,5,9-10H2,1-4H3/t11-/m1/s1. The lowest BCUT2D eigenvalue weighted by Crippen LogP contribution is -2.31. The van der Waals surface area contributed by atoms with Gasteiger partial charge in [-0.3, -0.25) is 4.90 Å². The number of nitrogens with zero attached hydrogens (tertiary/aromatic N) is 3. The van der Waals surface area contributed by atoms with Crippen LogP contribution in [0.5, 0.6) is 0 Å². The summed E-state index contributed by atoms with van der Waals surface area (Å²) in [5.74, 6) is 1.77. The summed E-state index contributed by atoms with van der Waals surface area (Å²) in [6, 6.07) is 5.62. The average molecular weight is 295 g/mol. The predicted octanol–water partition coefficient (Wildman–Crippen LogP) is 3.38. The molecule has 2 aromatic rings. The first-order valence-corrected chi connectivity index (χ1v) is 8.30. The fourth-order valence-corrected chi connectivity index (χ4v) is 3.12. The highest BCUT2D eigenvalue weighted by Crippen LogP contribution is 2.20. The second kappa shape index (κ2) is 6.59. The number of thioether (sulfide) groups is 1. The normalized spacial score (nSPS) is 13.3. The van der Waals surface area contributed by atoms with Crippen LogP contribution in [0.2, 0.25) is 0 Å². The lowest BCUT2D eigenvalue weighted by molar-refractivity contribution is 0.260. The third-order valence-corrected chi connectivity index (χ3v) is 4.49. The predicted molar refractivity (Wildman–Crippen MR) is 84.7 cm³/mol. The van der Waals surface area contributed by atoms with E-state index in [-0.39, 0.29) is 5.82 Å². The molecule has 1 atom stereocenters. The number of hydrogen-bond acceptors (Lipinski definition) is 3. The van der Waals surface area contributed by atoms with Crippen molar-refractivity contribution in [3.8, 4) is 0 Å². The Bertz CT molecular complexity index is 582. The van der Waals surface area contributed by atoms with Gasteiger partial charge in [-0.1, -0.05) is 6.07 Å².